The van der Waals surface area contributed by atoms with Gasteiger partial charge in [0.1, 0.15) is 0 Å². The fourth-order valence-corrected chi connectivity index (χ4v) is 2.55. The van der Waals surface area contributed by atoms with E-state index in [1.807, 2.05) is 0 Å². The molecule has 0 saturated heterocycles. The van der Waals surface area contributed by atoms with Gasteiger partial charge in [0.25, 0.3) is 0 Å². The summed E-state index contributed by atoms with van der Waals surface area (Å²) in [5.41, 5.74) is 5.82. The molecule has 0 amide bonds. The third kappa shape index (κ3) is 3.01. The SMILES string of the molecule is Cc1cc(CNCCC2=CCCC2)c(C)n1C. The Morgan fingerprint density at radius 2 is 2.18 bits per heavy atom. The molecular weight excluding hydrogens is 208 g/mol. The van der Waals surface area contributed by atoms with Gasteiger partial charge in [-0.3, -0.25) is 0 Å². The minimum absolute atomic E-state index is 1.00. The Hall–Kier alpha value is -1.02. The average Bonchev–Trinajstić information content (AvgIpc) is 2.90. The van der Waals surface area contributed by atoms with Crippen molar-refractivity contribution in [2.45, 2.75) is 46.1 Å². The molecule has 0 fully saturated rings. The summed E-state index contributed by atoms with van der Waals surface area (Å²) in [7, 11) is 2.14. The normalized spacial score (nSPS) is 15.4. The number of hydrogen-bond donors (Lipinski definition) is 1. The molecule has 1 N–H and O–H groups in total. The topological polar surface area (TPSA) is 17.0 Å². The number of allylic oxidation sites excluding steroid dienone is 1. The molecule has 0 unspecified atom stereocenters. The van der Waals surface area contributed by atoms with Gasteiger partial charge in [-0.2, -0.15) is 0 Å². The summed E-state index contributed by atoms with van der Waals surface area (Å²) in [6, 6.07) is 2.29. The molecule has 1 heterocycles. The molecule has 94 valence electrons. The molecule has 0 atom stereocenters. The van der Waals surface area contributed by atoms with Gasteiger partial charge in [-0.25, -0.2) is 0 Å². The van der Waals surface area contributed by atoms with Crippen LogP contribution in [0.3, 0.4) is 0 Å². The summed E-state index contributed by atoms with van der Waals surface area (Å²) < 4.78 is 2.26. The Morgan fingerprint density at radius 1 is 1.35 bits per heavy atom. The second-order valence-electron chi connectivity index (χ2n) is 5.14. The van der Waals surface area contributed by atoms with Crippen LogP contribution in [0.1, 0.15) is 42.6 Å². The first-order chi connectivity index (χ1) is 8.18. The highest BCUT2D eigenvalue weighted by molar-refractivity contribution is 5.26. The Bertz CT molecular complexity index is 413. The van der Waals surface area contributed by atoms with Gasteiger partial charge in [0.15, 0.2) is 0 Å². The second-order valence-corrected chi connectivity index (χ2v) is 5.14. The van der Waals surface area contributed by atoms with Crippen LogP contribution in [0.25, 0.3) is 0 Å². The second kappa shape index (κ2) is 5.54. The van der Waals surface area contributed by atoms with E-state index in [4.69, 9.17) is 0 Å². The van der Waals surface area contributed by atoms with Crippen LogP contribution in [0.2, 0.25) is 0 Å². The number of nitrogens with zero attached hydrogens (tertiary/aromatic N) is 1. The van der Waals surface area contributed by atoms with Crippen LogP contribution in [0.5, 0.6) is 0 Å². The first-order valence-electron chi connectivity index (χ1n) is 6.69. The van der Waals surface area contributed by atoms with Gasteiger partial charge in [-0.1, -0.05) is 11.6 Å². The summed E-state index contributed by atoms with van der Waals surface area (Å²) in [4.78, 5) is 0. The quantitative estimate of drug-likeness (QED) is 0.609. The van der Waals surface area contributed by atoms with Crippen molar-refractivity contribution in [2.75, 3.05) is 6.54 Å². The smallest absolute Gasteiger partial charge is 0.0223 e. The Labute approximate surface area is 105 Å². The zero-order valence-electron chi connectivity index (χ0n) is 11.3. The molecule has 2 nitrogen and oxygen atoms in total. The Kier molecular flexibility index (Phi) is 4.06. The number of hydrogen-bond acceptors (Lipinski definition) is 1. The molecule has 0 saturated carbocycles. The van der Waals surface area contributed by atoms with E-state index in [-0.39, 0.29) is 0 Å². The van der Waals surface area contributed by atoms with E-state index in [1.54, 1.807) is 5.57 Å². The van der Waals surface area contributed by atoms with Crippen molar-refractivity contribution in [1.29, 1.82) is 0 Å². The fourth-order valence-electron chi connectivity index (χ4n) is 2.55. The highest BCUT2D eigenvalue weighted by Gasteiger charge is 2.06. The maximum Gasteiger partial charge on any atom is 0.0223 e. The van der Waals surface area contributed by atoms with E-state index in [0.29, 0.717) is 0 Å². The molecule has 0 spiro atoms. The summed E-state index contributed by atoms with van der Waals surface area (Å²) in [5.74, 6) is 0. The van der Waals surface area contributed by atoms with Crippen molar-refractivity contribution < 1.29 is 0 Å². The lowest BCUT2D eigenvalue weighted by Crippen LogP contribution is -2.15. The van der Waals surface area contributed by atoms with Crippen LogP contribution < -0.4 is 5.32 Å². The molecule has 17 heavy (non-hydrogen) atoms. The lowest BCUT2D eigenvalue weighted by atomic mass is 10.1. The van der Waals surface area contributed by atoms with Crippen molar-refractivity contribution in [3.8, 4) is 0 Å². The van der Waals surface area contributed by atoms with Gasteiger partial charge in [-0.15, -0.1) is 0 Å². The summed E-state index contributed by atoms with van der Waals surface area (Å²) in [6.07, 6.45) is 7.63. The van der Waals surface area contributed by atoms with Crippen LogP contribution in [0, 0.1) is 13.8 Å². The average molecular weight is 232 g/mol. The van der Waals surface area contributed by atoms with Crippen molar-refractivity contribution >= 4 is 0 Å². The van der Waals surface area contributed by atoms with Crippen molar-refractivity contribution in [3.63, 3.8) is 0 Å². The molecule has 0 radical (unpaired) electrons. The van der Waals surface area contributed by atoms with E-state index in [9.17, 15) is 0 Å². The predicted molar refractivity (Wildman–Crippen MR) is 73.1 cm³/mol. The predicted octanol–water partition coefficient (Wildman–Crippen LogP) is 3.23. The van der Waals surface area contributed by atoms with Crippen molar-refractivity contribution in [3.05, 3.63) is 34.7 Å². The van der Waals surface area contributed by atoms with Gasteiger partial charge in [-0.05, 0) is 57.7 Å². The van der Waals surface area contributed by atoms with E-state index in [1.165, 1.54) is 42.6 Å². The maximum atomic E-state index is 3.56. The van der Waals surface area contributed by atoms with E-state index in [0.717, 1.165) is 13.1 Å². The molecule has 1 aromatic rings. The zero-order valence-corrected chi connectivity index (χ0v) is 11.3. The van der Waals surface area contributed by atoms with Crippen LogP contribution in [0.15, 0.2) is 17.7 Å². The van der Waals surface area contributed by atoms with Crippen LogP contribution >= 0.6 is 0 Å². The maximum absolute atomic E-state index is 3.56. The Balaban J connectivity index is 1.76. The molecule has 1 aliphatic carbocycles. The highest BCUT2D eigenvalue weighted by atomic mass is 15.0. The standard InChI is InChI=1S/C15H24N2/c1-12-10-15(13(2)17(12)3)11-16-9-8-14-6-4-5-7-14/h6,10,16H,4-5,7-9,11H2,1-3H3. The summed E-state index contributed by atoms with van der Waals surface area (Å²) >= 11 is 0. The third-order valence-electron chi connectivity index (χ3n) is 3.95. The van der Waals surface area contributed by atoms with Crippen LogP contribution in [-0.4, -0.2) is 11.1 Å². The largest absolute Gasteiger partial charge is 0.352 e. The summed E-state index contributed by atoms with van der Waals surface area (Å²) in [5, 5.41) is 3.56. The molecule has 0 aromatic carbocycles. The fraction of sp³-hybridized carbons (Fsp3) is 0.600. The lowest BCUT2D eigenvalue weighted by molar-refractivity contribution is 0.671. The number of rotatable bonds is 5. The van der Waals surface area contributed by atoms with Gasteiger partial charge >= 0.3 is 0 Å². The molecule has 2 heteroatoms. The van der Waals surface area contributed by atoms with Gasteiger partial charge in [0.2, 0.25) is 0 Å². The van der Waals surface area contributed by atoms with E-state index in [2.05, 4.69) is 42.9 Å². The van der Waals surface area contributed by atoms with Crippen molar-refractivity contribution in [1.82, 2.24) is 9.88 Å². The first-order valence-corrected chi connectivity index (χ1v) is 6.69. The van der Waals surface area contributed by atoms with Crippen LogP contribution in [-0.2, 0) is 13.6 Å². The van der Waals surface area contributed by atoms with Gasteiger partial charge in [0, 0.05) is 25.0 Å². The van der Waals surface area contributed by atoms with Crippen molar-refractivity contribution in [2.24, 2.45) is 7.05 Å². The van der Waals surface area contributed by atoms with Gasteiger partial charge < -0.3 is 9.88 Å². The molecule has 0 bridgehead atoms. The highest BCUT2D eigenvalue weighted by Crippen LogP contribution is 2.20. The lowest BCUT2D eigenvalue weighted by Gasteiger charge is -2.06. The number of aromatic nitrogens is 1. The molecule has 1 aromatic heterocycles. The van der Waals surface area contributed by atoms with E-state index >= 15 is 0 Å². The number of aryl methyl sites for hydroxylation is 1. The minimum Gasteiger partial charge on any atom is -0.352 e. The first kappa shape index (κ1) is 12.4. The zero-order chi connectivity index (χ0) is 12.3. The van der Waals surface area contributed by atoms with Gasteiger partial charge in [0.05, 0.1) is 0 Å². The minimum atomic E-state index is 1.00. The molecule has 2 rings (SSSR count). The third-order valence-corrected chi connectivity index (χ3v) is 3.95. The van der Waals surface area contributed by atoms with Crippen LogP contribution in [0.4, 0.5) is 0 Å². The molecular formula is C15H24N2. The van der Waals surface area contributed by atoms with E-state index < -0.39 is 0 Å². The summed E-state index contributed by atoms with van der Waals surface area (Å²) in [6.45, 7) is 6.48. The Morgan fingerprint density at radius 3 is 2.76 bits per heavy atom. The monoisotopic (exact) mass is 232 g/mol. The molecule has 0 aliphatic heterocycles. The number of nitrogens with one attached hydrogen (secondary N) is 1. The molecule has 1 aliphatic rings.